The van der Waals surface area contributed by atoms with Crippen LogP contribution in [0.25, 0.3) is 67.2 Å². The van der Waals surface area contributed by atoms with E-state index in [1.807, 2.05) is 60.7 Å². The highest BCUT2D eigenvalue weighted by Crippen LogP contribution is 2.39. The number of aromatic nitrogens is 3. The average molecular weight is 532 g/mol. The maximum absolute atomic E-state index is 6.39. The second-order valence-corrected chi connectivity index (χ2v) is 10.2. The Balaban J connectivity index is 1.53. The van der Waals surface area contributed by atoms with Gasteiger partial charge in [-0.1, -0.05) is 117 Å². The van der Waals surface area contributed by atoms with Gasteiger partial charge in [0.1, 0.15) is 11.2 Å². The SMILES string of the molecule is CCc1ccccc1-c1c(CC)cccc1-c1nc(-c2ccccc2)nc(-c2cccc3c2oc2ccccc23)n1. The summed E-state index contributed by atoms with van der Waals surface area (Å²) in [6, 6.07) is 39.5. The number of benzene rings is 5. The molecule has 2 heterocycles. The van der Waals surface area contributed by atoms with Crippen LogP contribution in [-0.2, 0) is 12.8 Å². The molecule has 0 aliphatic carbocycles. The van der Waals surface area contributed by atoms with Crippen molar-refractivity contribution in [3.05, 3.63) is 126 Å². The Hall–Kier alpha value is -5.09. The second-order valence-electron chi connectivity index (χ2n) is 10.2. The zero-order valence-corrected chi connectivity index (χ0v) is 23.1. The predicted octanol–water partition coefficient (Wildman–Crippen LogP) is 9.56. The summed E-state index contributed by atoms with van der Waals surface area (Å²) < 4.78 is 6.39. The maximum atomic E-state index is 6.39. The normalized spacial score (nSPS) is 11.4. The third kappa shape index (κ3) is 4.38. The topological polar surface area (TPSA) is 51.8 Å². The van der Waals surface area contributed by atoms with Gasteiger partial charge in [-0.05, 0) is 47.2 Å². The molecule has 41 heavy (non-hydrogen) atoms. The van der Waals surface area contributed by atoms with Crippen molar-refractivity contribution in [3.63, 3.8) is 0 Å². The van der Waals surface area contributed by atoms with E-state index in [9.17, 15) is 0 Å². The number of hydrogen-bond acceptors (Lipinski definition) is 4. The van der Waals surface area contributed by atoms with Crippen LogP contribution in [0.3, 0.4) is 0 Å². The van der Waals surface area contributed by atoms with Crippen LogP contribution in [0.15, 0.2) is 120 Å². The molecule has 2 aromatic heterocycles. The lowest BCUT2D eigenvalue weighted by Crippen LogP contribution is -2.03. The van der Waals surface area contributed by atoms with Crippen LogP contribution >= 0.6 is 0 Å². The van der Waals surface area contributed by atoms with Crippen LogP contribution in [0.4, 0.5) is 0 Å². The molecule has 0 aliphatic heterocycles. The van der Waals surface area contributed by atoms with Crippen molar-refractivity contribution < 1.29 is 4.42 Å². The summed E-state index contributed by atoms with van der Waals surface area (Å²) in [4.78, 5) is 15.3. The smallest absolute Gasteiger partial charge is 0.167 e. The fourth-order valence-electron chi connectivity index (χ4n) is 5.73. The molecule has 0 amide bonds. The first kappa shape index (κ1) is 24.9. The number of rotatable bonds is 6. The van der Waals surface area contributed by atoms with Crippen LogP contribution in [0.2, 0.25) is 0 Å². The lowest BCUT2D eigenvalue weighted by molar-refractivity contribution is 0.669. The van der Waals surface area contributed by atoms with E-state index in [2.05, 4.69) is 68.4 Å². The zero-order valence-electron chi connectivity index (χ0n) is 23.1. The predicted molar refractivity (Wildman–Crippen MR) is 168 cm³/mol. The van der Waals surface area contributed by atoms with Gasteiger partial charge in [-0.25, -0.2) is 15.0 Å². The zero-order chi connectivity index (χ0) is 27.8. The van der Waals surface area contributed by atoms with Crippen molar-refractivity contribution in [2.24, 2.45) is 0 Å². The fraction of sp³-hybridized carbons (Fsp3) is 0.108. The average Bonchev–Trinajstić information content (AvgIpc) is 3.43. The van der Waals surface area contributed by atoms with Crippen molar-refractivity contribution in [3.8, 4) is 45.3 Å². The van der Waals surface area contributed by atoms with E-state index in [-0.39, 0.29) is 0 Å². The molecule has 0 bridgehead atoms. The molecule has 0 atom stereocenters. The molecule has 0 unspecified atom stereocenters. The standard InChI is InChI=1S/C37H29N3O/c1-3-24-14-8-9-18-27(24)33-25(4-2)17-12-21-30(33)36-38-35(26-15-6-5-7-16-26)39-37(40-36)31-22-13-20-29-28-19-10-11-23-32(28)41-34(29)31/h5-23H,3-4H2,1-2H3. The van der Waals surface area contributed by atoms with Gasteiger partial charge < -0.3 is 4.42 Å². The highest BCUT2D eigenvalue weighted by molar-refractivity contribution is 6.09. The summed E-state index contributed by atoms with van der Waals surface area (Å²) in [6.45, 7) is 4.41. The molecular weight excluding hydrogens is 502 g/mol. The van der Waals surface area contributed by atoms with E-state index in [4.69, 9.17) is 19.4 Å². The van der Waals surface area contributed by atoms with Gasteiger partial charge in [0.2, 0.25) is 0 Å². The Bertz CT molecular complexity index is 2020. The summed E-state index contributed by atoms with van der Waals surface area (Å²) in [5.74, 6) is 1.88. The third-order valence-electron chi connectivity index (χ3n) is 7.75. The molecule has 0 N–H and O–H groups in total. The molecule has 7 rings (SSSR count). The summed E-state index contributed by atoms with van der Waals surface area (Å²) in [7, 11) is 0. The Morgan fingerprint density at radius 3 is 1.90 bits per heavy atom. The van der Waals surface area contributed by atoms with E-state index in [1.165, 1.54) is 22.3 Å². The van der Waals surface area contributed by atoms with Gasteiger partial charge >= 0.3 is 0 Å². The van der Waals surface area contributed by atoms with Crippen molar-refractivity contribution >= 4 is 21.9 Å². The second kappa shape index (κ2) is 10.5. The number of para-hydroxylation sites is 2. The van der Waals surface area contributed by atoms with Crippen LogP contribution < -0.4 is 0 Å². The summed E-state index contributed by atoms with van der Waals surface area (Å²) in [6.07, 6.45) is 1.85. The van der Waals surface area contributed by atoms with Crippen molar-refractivity contribution in [2.45, 2.75) is 26.7 Å². The van der Waals surface area contributed by atoms with E-state index < -0.39 is 0 Å². The van der Waals surface area contributed by atoms with Crippen LogP contribution in [0.1, 0.15) is 25.0 Å². The first-order valence-corrected chi connectivity index (χ1v) is 14.2. The number of fused-ring (bicyclic) bond motifs is 3. The van der Waals surface area contributed by atoms with E-state index in [0.29, 0.717) is 17.5 Å². The van der Waals surface area contributed by atoms with Gasteiger partial charge in [0.15, 0.2) is 17.5 Å². The first-order valence-electron chi connectivity index (χ1n) is 14.2. The molecule has 198 valence electrons. The molecule has 7 aromatic rings. The highest BCUT2D eigenvalue weighted by atomic mass is 16.3. The highest BCUT2D eigenvalue weighted by Gasteiger charge is 2.21. The molecule has 0 saturated heterocycles. The molecule has 0 fully saturated rings. The van der Waals surface area contributed by atoms with E-state index >= 15 is 0 Å². The number of hydrogen-bond donors (Lipinski definition) is 0. The first-order chi connectivity index (χ1) is 20.2. The molecule has 5 aromatic carbocycles. The molecule has 0 aliphatic rings. The fourth-order valence-corrected chi connectivity index (χ4v) is 5.73. The summed E-state index contributed by atoms with van der Waals surface area (Å²) in [5, 5.41) is 2.13. The lowest BCUT2D eigenvalue weighted by atomic mass is 9.89. The molecule has 0 saturated carbocycles. The van der Waals surface area contributed by atoms with Gasteiger partial charge in [0.25, 0.3) is 0 Å². The number of aryl methyl sites for hydroxylation is 2. The minimum atomic E-state index is 0.593. The minimum Gasteiger partial charge on any atom is -0.455 e. The number of furan rings is 1. The van der Waals surface area contributed by atoms with Crippen LogP contribution in [-0.4, -0.2) is 15.0 Å². The number of nitrogens with zero attached hydrogens (tertiary/aromatic N) is 3. The Morgan fingerprint density at radius 1 is 0.488 bits per heavy atom. The Labute approximate surface area is 239 Å². The van der Waals surface area contributed by atoms with Crippen molar-refractivity contribution in [2.75, 3.05) is 0 Å². The lowest BCUT2D eigenvalue weighted by Gasteiger charge is -2.17. The van der Waals surface area contributed by atoms with Gasteiger partial charge in [-0.15, -0.1) is 0 Å². The largest absolute Gasteiger partial charge is 0.455 e. The van der Waals surface area contributed by atoms with Crippen molar-refractivity contribution in [1.82, 2.24) is 15.0 Å². The molecule has 0 spiro atoms. The summed E-state index contributed by atoms with van der Waals surface area (Å²) in [5.41, 5.74) is 9.41. The molecule has 4 nitrogen and oxygen atoms in total. The quantitative estimate of drug-likeness (QED) is 0.214. The third-order valence-corrected chi connectivity index (χ3v) is 7.75. The molecule has 0 radical (unpaired) electrons. The molecular formula is C37H29N3O. The minimum absolute atomic E-state index is 0.593. The van der Waals surface area contributed by atoms with Crippen molar-refractivity contribution in [1.29, 1.82) is 0 Å². The van der Waals surface area contributed by atoms with Crippen LogP contribution in [0, 0.1) is 0 Å². The Morgan fingerprint density at radius 2 is 1.07 bits per heavy atom. The van der Waals surface area contributed by atoms with E-state index in [0.717, 1.165) is 51.5 Å². The van der Waals surface area contributed by atoms with Crippen LogP contribution in [0.5, 0.6) is 0 Å². The van der Waals surface area contributed by atoms with Gasteiger partial charge in [0.05, 0.1) is 5.56 Å². The van der Waals surface area contributed by atoms with Gasteiger partial charge in [-0.3, -0.25) is 0 Å². The van der Waals surface area contributed by atoms with Gasteiger partial charge in [-0.2, -0.15) is 0 Å². The molecule has 4 heteroatoms. The van der Waals surface area contributed by atoms with E-state index in [1.54, 1.807) is 0 Å². The summed E-state index contributed by atoms with van der Waals surface area (Å²) >= 11 is 0. The Kier molecular flexibility index (Phi) is 6.36. The monoisotopic (exact) mass is 531 g/mol. The van der Waals surface area contributed by atoms with Gasteiger partial charge in [0, 0.05) is 21.9 Å². The maximum Gasteiger partial charge on any atom is 0.167 e.